The maximum atomic E-state index is 6.15. The zero-order valence-corrected chi connectivity index (χ0v) is 11.2. The van der Waals surface area contributed by atoms with Gasteiger partial charge in [-0.3, -0.25) is 9.88 Å². The number of nitrogens with two attached hydrogens (primary N) is 1. The van der Waals surface area contributed by atoms with Gasteiger partial charge in [0.05, 0.1) is 0 Å². The van der Waals surface area contributed by atoms with Crippen LogP contribution < -0.4 is 5.73 Å². The Labute approximate surface area is 109 Å². The predicted octanol–water partition coefficient (Wildman–Crippen LogP) is 2.03. The SMILES string of the molecule is CN(Cc1cccnc1)C1(CN)CC2CCC1C2. The largest absolute Gasteiger partial charge is 0.329 e. The second kappa shape index (κ2) is 4.63. The lowest BCUT2D eigenvalue weighted by molar-refractivity contribution is 0.0590. The maximum absolute atomic E-state index is 6.15. The van der Waals surface area contributed by atoms with Gasteiger partial charge in [-0.25, -0.2) is 0 Å². The van der Waals surface area contributed by atoms with Gasteiger partial charge in [0.15, 0.2) is 0 Å². The fraction of sp³-hybridized carbons (Fsp3) is 0.667. The predicted molar refractivity (Wildman–Crippen MR) is 72.9 cm³/mol. The molecule has 0 aliphatic heterocycles. The van der Waals surface area contributed by atoms with Crippen LogP contribution in [0, 0.1) is 11.8 Å². The normalized spacial score (nSPS) is 34.4. The Balaban J connectivity index is 1.76. The number of nitrogens with zero attached hydrogens (tertiary/aromatic N) is 2. The molecule has 0 saturated heterocycles. The smallest absolute Gasteiger partial charge is 0.0363 e. The van der Waals surface area contributed by atoms with Crippen molar-refractivity contribution in [1.29, 1.82) is 0 Å². The van der Waals surface area contributed by atoms with Gasteiger partial charge in [-0.2, -0.15) is 0 Å². The quantitative estimate of drug-likeness (QED) is 0.882. The van der Waals surface area contributed by atoms with Crippen molar-refractivity contribution in [1.82, 2.24) is 9.88 Å². The Morgan fingerprint density at radius 3 is 2.94 bits per heavy atom. The van der Waals surface area contributed by atoms with E-state index < -0.39 is 0 Å². The zero-order valence-electron chi connectivity index (χ0n) is 11.2. The van der Waals surface area contributed by atoms with Crippen LogP contribution in [0.3, 0.4) is 0 Å². The number of hydrogen-bond donors (Lipinski definition) is 1. The summed E-state index contributed by atoms with van der Waals surface area (Å²) in [7, 11) is 2.24. The van der Waals surface area contributed by atoms with E-state index >= 15 is 0 Å². The van der Waals surface area contributed by atoms with Crippen LogP contribution in [0.1, 0.15) is 31.2 Å². The van der Waals surface area contributed by atoms with Gasteiger partial charge in [-0.1, -0.05) is 12.5 Å². The molecule has 2 bridgehead atoms. The highest BCUT2D eigenvalue weighted by Gasteiger charge is 2.52. The molecule has 3 unspecified atom stereocenters. The molecule has 1 aromatic rings. The standard InChI is InChI=1S/C15H23N3/c1-18(10-13-3-2-6-17-9-13)15(11-16)8-12-4-5-14(15)7-12/h2-3,6,9,12,14H,4-5,7-8,10-11,16H2,1H3. The van der Waals surface area contributed by atoms with Gasteiger partial charge in [0.1, 0.15) is 0 Å². The van der Waals surface area contributed by atoms with Gasteiger partial charge in [-0.15, -0.1) is 0 Å². The molecule has 0 spiro atoms. The van der Waals surface area contributed by atoms with Gasteiger partial charge in [0, 0.05) is 31.0 Å². The Kier molecular flexibility index (Phi) is 3.12. The summed E-state index contributed by atoms with van der Waals surface area (Å²) in [6.07, 6.45) is 9.29. The highest BCUT2D eigenvalue weighted by atomic mass is 15.2. The van der Waals surface area contributed by atoms with Gasteiger partial charge < -0.3 is 5.73 Å². The van der Waals surface area contributed by atoms with E-state index in [2.05, 4.69) is 23.0 Å². The molecule has 18 heavy (non-hydrogen) atoms. The van der Waals surface area contributed by atoms with Crippen molar-refractivity contribution >= 4 is 0 Å². The molecule has 98 valence electrons. The molecular formula is C15H23N3. The van der Waals surface area contributed by atoms with Crippen LogP contribution in [0.5, 0.6) is 0 Å². The van der Waals surface area contributed by atoms with Crippen molar-refractivity contribution in [3.05, 3.63) is 30.1 Å². The van der Waals surface area contributed by atoms with E-state index in [1.54, 1.807) is 0 Å². The van der Waals surface area contributed by atoms with Crippen LogP contribution in [0.25, 0.3) is 0 Å². The molecular weight excluding hydrogens is 222 g/mol. The lowest BCUT2D eigenvalue weighted by Crippen LogP contribution is -2.55. The van der Waals surface area contributed by atoms with Crippen molar-refractivity contribution in [2.45, 2.75) is 37.8 Å². The molecule has 2 aliphatic carbocycles. The number of hydrogen-bond acceptors (Lipinski definition) is 3. The summed E-state index contributed by atoms with van der Waals surface area (Å²) in [5.74, 6) is 1.74. The topological polar surface area (TPSA) is 42.2 Å². The molecule has 1 heterocycles. The molecule has 1 aromatic heterocycles. The van der Waals surface area contributed by atoms with Gasteiger partial charge in [0.25, 0.3) is 0 Å². The van der Waals surface area contributed by atoms with E-state index in [4.69, 9.17) is 5.73 Å². The summed E-state index contributed by atoms with van der Waals surface area (Å²) in [6, 6.07) is 4.17. The zero-order chi connectivity index (χ0) is 12.6. The van der Waals surface area contributed by atoms with Gasteiger partial charge >= 0.3 is 0 Å². The van der Waals surface area contributed by atoms with Crippen molar-refractivity contribution in [3.63, 3.8) is 0 Å². The third kappa shape index (κ3) is 1.86. The highest BCUT2D eigenvalue weighted by Crippen LogP contribution is 2.52. The molecule has 3 nitrogen and oxygen atoms in total. The van der Waals surface area contributed by atoms with E-state index in [1.165, 1.54) is 31.2 Å². The average molecular weight is 245 g/mol. The molecule has 2 aliphatic rings. The van der Waals surface area contributed by atoms with Gasteiger partial charge in [0.2, 0.25) is 0 Å². The third-order valence-electron chi connectivity index (χ3n) is 5.20. The number of likely N-dealkylation sites (N-methyl/N-ethyl adjacent to an activating group) is 1. The van der Waals surface area contributed by atoms with Crippen LogP contribution in [-0.2, 0) is 6.54 Å². The van der Waals surface area contributed by atoms with E-state index in [9.17, 15) is 0 Å². The maximum Gasteiger partial charge on any atom is 0.0363 e. The van der Waals surface area contributed by atoms with E-state index in [-0.39, 0.29) is 5.54 Å². The Hall–Kier alpha value is -0.930. The van der Waals surface area contributed by atoms with E-state index in [0.717, 1.165) is 24.9 Å². The molecule has 2 saturated carbocycles. The van der Waals surface area contributed by atoms with Crippen molar-refractivity contribution < 1.29 is 0 Å². The molecule has 2 N–H and O–H groups in total. The summed E-state index contributed by atoms with van der Waals surface area (Å²) >= 11 is 0. The summed E-state index contributed by atoms with van der Waals surface area (Å²) in [5.41, 5.74) is 7.69. The second-order valence-corrected chi connectivity index (χ2v) is 6.11. The first-order valence-electron chi connectivity index (χ1n) is 7.05. The first-order chi connectivity index (χ1) is 8.74. The van der Waals surface area contributed by atoms with E-state index in [0.29, 0.717) is 0 Å². The molecule has 3 heteroatoms. The van der Waals surface area contributed by atoms with Crippen molar-refractivity contribution in [3.8, 4) is 0 Å². The monoisotopic (exact) mass is 245 g/mol. The molecule has 3 rings (SSSR count). The lowest BCUT2D eigenvalue weighted by Gasteiger charge is -2.44. The second-order valence-electron chi connectivity index (χ2n) is 6.11. The van der Waals surface area contributed by atoms with Crippen LogP contribution in [0.15, 0.2) is 24.5 Å². The van der Waals surface area contributed by atoms with Crippen LogP contribution in [-0.4, -0.2) is 29.0 Å². The number of aromatic nitrogens is 1. The Bertz CT molecular complexity index is 405. The Morgan fingerprint density at radius 1 is 1.50 bits per heavy atom. The molecule has 0 aromatic carbocycles. The Morgan fingerprint density at radius 2 is 2.39 bits per heavy atom. The number of fused-ring (bicyclic) bond motifs is 2. The molecule has 2 fully saturated rings. The van der Waals surface area contributed by atoms with Crippen LogP contribution >= 0.6 is 0 Å². The molecule has 3 atom stereocenters. The fourth-order valence-electron chi connectivity index (χ4n) is 4.21. The highest BCUT2D eigenvalue weighted by molar-refractivity contribution is 5.12. The number of pyridine rings is 1. The summed E-state index contributed by atoms with van der Waals surface area (Å²) in [5, 5.41) is 0. The minimum atomic E-state index is 0.249. The summed E-state index contributed by atoms with van der Waals surface area (Å²) in [4.78, 5) is 6.70. The first kappa shape index (κ1) is 12.1. The van der Waals surface area contributed by atoms with Crippen molar-refractivity contribution in [2.24, 2.45) is 17.6 Å². The fourth-order valence-corrected chi connectivity index (χ4v) is 4.21. The summed E-state index contributed by atoms with van der Waals surface area (Å²) < 4.78 is 0. The van der Waals surface area contributed by atoms with Crippen LogP contribution in [0.4, 0.5) is 0 Å². The van der Waals surface area contributed by atoms with Crippen LogP contribution in [0.2, 0.25) is 0 Å². The van der Waals surface area contributed by atoms with Gasteiger partial charge in [-0.05, 0) is 49.8 Å². The molecule has 0 radical (unpaired) electrons. The lowest BCUT2D eigenvalue weighted by atomic mass is 9.79. The minimum Gasteiger partial charge on any atom is -0.329 e. The van der Waals surface area contributed by atoms with Crippen molar-refractivity contribution in [2.75, 3.05) is 13.6 Å². The minimum absolute atomic E-state index is 0.249. The number of rotatable bonds is 4. The first-order valence-corrected chi connectivity index (χ1v) is 7.05. The third-order valence-corrected chi connectivity index (χ3v) is 5.20. The molecule has 0 amide bonds. The average Bonchev–Trinajstić information content (AvgIpc) is 3.00. The van der Waals surface area contributed by atoms with E-state index in [1.807, 2.05) is 18.5 Å². The summed E-state index contributed by atoms with van der Waals surface area (Å²) in [6.45, 7) is 1.76.